The summed E-state index contributed by atoms with van der Waals surface area (Å²) < 4.78 is 0. The second kappa shape index (κ2) is 4.54. The van der Waals surface area contributed by atoms with Crippen LogP contribution in [0.15, 0.2) is 36.0 Å². The Bertz CT molecular complexity index is 363. The van der Waals surface area contributed by atoms with Crippen LogP contribution >= 0.6 is 11.6 Å². The fraction of sp³-hybridized carbons (Fsp3) is 0.100. The molecule has 0 amide bonds. The Kier molecular flexibility index (Phi) is 3.36. The van der Waals surface area contributed by atoms with Crippen molar-refractivity contribution in [2.75, 3.05) is 5.32 Å². The molecular formula is C10H9ClN2. The smallest absolute Gasteiger partial charge is 0.0930 e. The van der Waals surface area contributed by atoms with Crippen molar-refractivity contribution in [3.05, 3.63) is 41.1 Å². The van der Waals surface area contributed by atoms with Crippen LogP contribution in [-0.2, 0) is 0 Å². The second-order valence-electron chi connectivity index (χ2n) is 2.59. The van der Waals surface area contributed by atoms with E-state index in [1.807, 2.05) is 25.1 Å². The molecule has 0 aromatic heterocycles. The zero-order valence-corrected chi connectivity index (χ0v) is 7.97. The van der Waals surface area contributed by atoms with E-state index < -0.39 is 0 Å². The first-order valence-corrected chi connectivity index (χ1v) is 4.19. The van der Waals surface area contributed by atoms with Crippen molar-refractivity contribution >= 4 is 17.3 Å². The summed E-state index contributed by atoms with van der Waals surface area (Å²) in [6.45, 7) is 1.82. The zero-order valence-electron chi connectivity index (χ0n) is 7.21. The van der Waals surface area contributed by atoms with Crippen LogP contribution in [0.4, 0.5) is 5.69 Å². The average molecular weight is 193 g/mol. The van der Waals surface area contributed by atoms with E-state index in [0.717, 1.165) is 11.4 Å². The summed E-state index contributed by atoms with van der Waals surface area (Å²) in [5, 5.41) is 12.1. The summed E-state index contributed by atoms with van der Waals surface area (Å²) in [6.07, 6.45) is 1.45. The molecule has 0 saturated heterocycles. The van der Waals surface area contributed by atoms with Crippen LogP contribution < -0.4 is 5.32 Å². The number of hydrogen-bond donors (Lipinski definition) is 1. The molecule has 0 fully saturated rings. The molecule has 1 N–H and O–H groups in total. The van der Waals surface area contributed by atoms with Gasteiger partial charge in [-0.15, -0.1) is 0 Å². The van der Waals surface area contributed by atoms with E-state index in [0.29, 0.717) is 5.02 Å². The first kappa shape index (κ1) is 9.63. The Balaban J connectivity index is 2.76. The first-order chi connectivity index (χ1) is 6.22. The molecule has 2 nitrogen and oxygen atoms in total. The van der Waals surface area contributed by atoms with Crippen molar-refractivity contribution in [3.8, 4) is 6.07 Å². The van der Waals surface area contributed by atoms with Gasteiger partial charge in [0, 0.05) is 22.5 Å². The number of nitrogens with one attached hydrogen (secondary N) is 1. The number of hydrogen-bond acceptors (Lipinski definition) is 2. The molecule has 0 aliphatic heterocycles. The minimum absolute atomic E-state index is 0.676. The molecule has 1 rings (SSSR count). The van der Waals surface area contributed by atoms with Gasteiger partial charge in [0.05, 0.1) is 6.07 Å². The molecule has 3 heteroatoms. The highest BCUT2D eigenvalue weighted by atomic mass is 35.5. The summed E-state index contributed by atoms with van der Waals surface area (Å²) in [6, 6.07) is 9.29. The summed E-state index contributed by atoms with van der Waals surface area (Å²) in [4.78, 5) is 0. The largest absolute Gasteiger partial charge is 0.359 e. The lowest BCUT2D eigenvalue weighted by Gasteiger charge is -2.04. The fourth-order valence-electron chi connectivity index (χ4n) is 0.927. The van der Waals surface area contributed by atoms with Gasteiger partial charge in [-0.05, 0) is 25.1 Å². The Labute approximate surface area is 82.4 Å². The molecule has 66 valence electrons. The van der Waals surface area contributed by atoms with E-state index in [1.165, 1.54) is 6.08 Å². The van der Waals surface area contributed by atoms with E-state index in [4.69, 9.17) is 16.9 Å². The minimum atomic E-state index is 0.676. The quantitative estimate of drug-likeness (QED) is 0.731. The lowest BCUT2D eigenvalue weighted by molar-refractivity contribution is 1.37. The molecule has 1 aromatic rings. The van der Waals surface area contributed by atoms with E-state index in [9.17, 15) is 0 Å². The zero-order chi connectivity index (χ0) is 9.68. The topological polar surface area (TPSA) is 35.8 Å². The van der Waals surface area contributed by atoms with E-state index in [2.05, 4.69) is 5.32 Å². The highest BCUT2D eigenvalue weighted by molar-refractivity contribution is 6.30. The summed E-state index contributed by atoms with van der Waals surface area (Å²) in [5.74, 6) is 0. The molecular weight excluding hydrogens is 184 g/mol. The number of nitrogens with zero attached hydrogens (tertiary/aromatic N) is 1. The second-order valence-corrected chi connectivity index (χ2v) is 3.03. The van der Waals surface area contributed by atoms with Crippen LogP contribution in [0.2, 0.25) is 5.02 Å². The molecule has 0 aliphatic rings. The first-order valence-electron chi connectivity index (χ1n) is 3.81. The monoisotopic (exact) mass is 192 g/mol. The van der Waals surface area contributed by atoms with Crippen LogP contribution in [0.5, 0.6) is 0 Å². The Morgan fingerprint density at radius 3 is 3.00 bits per heavy atom. The third kappa shape index (κ3) is 3.18. The Hall–Kier alpha value is -1.46. The van der Waals surface area contributed by atoms with Crippen molar-refractivity contribution in [2.45, 2.75) is 6.92 Å². The van der Waals surface area contributed by atoms with Crippen LogP contribution in [0.3, 0.4) is 0 Å². The molecule has 0 unspecified atom stereocenters. The summed E-state index contributed by atoms with van der Waals surface area (Å²) >= 11 is 5.78. The van der Waals surface area contributed by atoms with E-state index in [-0.39, 0.29) is 0 Å². The lowest BCUT2D eigenvalue weighted by Crippen LogP contribution is -1.94. The third-order valence-electron chi connectivity index (χ3n) is 1.45. The number of halogens is 1. The minimum Gasteiger partial charge on any atom is -0.359 e. The lowest BCUT2D eigenvalue weighted by atomic mass is 10.3. The maximum Gasteiger partial charge on any atom is 0.0930 e. The highest BCUT2D eigenvalue weighted by Gasteiger charge is 1.92. The number of nitriles is 1. The van der Waals surface area contributed by atoms with Gasteiger partial charge in [-0.25, -0.2) is 0 Å². The summed E-state index contributed by atoms with van der Waals surface area (Å²) in [7, 11) is 0. The van der Waals surface area contributed by atoms with Gasteiger partial charge in [0.15, 0.2) is 0 Å². The van der Waals surface area contributed by atoms with Gasteiger partial charge in [-0.3, -0.25) is 0 Å². The molecule has 0 bridgehead atoms. The van der Waals surface area contributed by atoms with Gasteiger partial charge in [0.2, 0.25) is 0 Å². The van der Waals surface area contributed by atoms with Gasteiger partial charge in [-0.2, -0.15) is 5.26 Å². The predicted molar refractivity (Wildman–Crippen MR) is 54.4 cm³/mol. The Morgan fingerprint density at radius 2 is 2.38 bits per heavy atom. The average Bonchev–Trinajstić information content (AvgIpc) is 2.04. The van der Waals surface area contributed by atoms with Gasteiger partial charge in [-0.1, -0.05) is 17.7 Å². The van der Waals surface area contributed by atoms with Crippen molar-refractivity contribution in [1.82, 2.24) is 0 Å². The van der Waals surface area contributed by atoms with Crippen LogP contribution in [-0.4, -0.2) is 0 Å². The number of rotatable bonds is 2. The summed E-state index contributed by atoms with van der Waals surface area (Å²) in [5.41, 5.74) is 1.68. The van der Waals surface area contributed by atoms with E-state index in [1.54, 1.807) is 12.1 Å². The van der Waals surface area contributed by atoms with Crippen molar-refractivity contribution in [1.29, 1.82) is 5.26 Å². The third-order valence-corrected chi connectivity index (χ3v) is 1.68. The maximum atomic E-state index is 8.38. The van der Waals surface area contributed by atoms with Crippen molar-refractivity contribution in [2.24, 2.45) is 0 Å². The maximum absolute atomic E-state index is 8.38. The van der Waals surface area contributed by atoms with Crippen LogP contribution in [0, 0.1) is 11.3 Å². The highest BCUT2D eigenvalue weighted by Crippen LogP contribution is 2.16. The van der Waals surface area contributed by atoms with Gasteiger partial charge in [0.1, 0.15) is 0 Å². The van der Waals surface area contributed by atoms with Crippen LogP contribution in [0.25, 0.3) is 0 Å². The molecule has 0 spiro atoms. The molecule has 0 aliphatic carbocycles. The fourth-order valence-corrected chi connectivity index (χ4v) is 1.12. The molecule has 0 atom stereocenters. The van der Waals surface area contributed by atoms with E-state index >= 15 is 0 Å². The van der Waals surface area contributed by atoms with Crippen LogP contribution in [0.1, 0.15) is 6.92 Å². The number of anilines is 1. The molecule has 0 radical (unpaired) electrons. The van der Waals surface area contributed by atoms with Gasteiger partial charge < -0.3 is 5.32 Å². The SMILES string of the molecule is C/C(=C\C#N)Nc1cccc(Cl)c1. The van der Waals surface area contributed by atoms with Gasteiger partial charge in [0.25, 0.3) is 0 Å². The molecule has 13 heavy (non-hydrogen) atoms. The molecule has 0 saturated carbocycles. The van der Waals surface area contributed by atoms with Crippen molar-refractivity contribution < 1.29 is 0 Å². The molecule has 0 heterocycles. The van der Waals surface area contributed by atoms with Gasteiger partial charge >= 0.3 is 0 Å². The van der Waals surface area contributed by atoms with Crippen molar-refractivity contribution in [3.63, 3.8) is 0 Å². The predicted octanol–water partition coefficient (Wildman–Crippen LogP) is 3.18. The normalized spacial score (nSPS) is 10.7. The number of benzene rings is 1. The standard InChI is InChI=1S/C10H9ClN2/c1-8(5-6-12)13-10-4-2-3-9(11)7-10/h2-5,7,13H,1H3/b8-5+. The molecule has 1 aromatic carbocycles. The Morgan fingerprint density at radius 1 is 1.62 bits per heavy atom. The number of allylic oxidation sites excluding steroid dienone is 2.